The summed E-state index contributed by atoms with van der Waals surface area (Å²) in [5.74, 6) is -0.938. The second-order valence-electron chi connectivity index (χ2n) is 5.55. The van der Waals surface area contributed by atoms with Crippen LogP contribution >= 0.6 is 15.9 Å². The number of rotatable bonds is 5. The predicted molar refractivity (Wildman–Crippen MR) is 95.4 cm³/mol. The average Bonchev–Trinajstić information content (AvgIpc) is 3.22. The molecule has 2 heterocycles. The van der Waals surface area contributed by atoms with Gasteiger partial charge in [-0.1, -0.05) is 0 Å². The predicted octanol–water partition coefficient (Wildman–Crippen LogP) is 2.70. The Balaban J connectivity index is 1.51. The van der Waals surface area contributed by atoms with E-state index < -0.39 is 11.9 Å². The Hall–Kier alpha value is -2.61. The van der Waals surface area contributed by atoms with Crippen molar-refractivity contribution in [3.8, 4) is 0 Å². The number of carbonyl (C=O) groups is 3. The Kier molecular flexibility index (Phi) is 5.18. The first kappa shape index (κ1) is 17.2. The summed E-state index contributed by atoms with van der Waals surface area (Å²) in [6.45, 7) is 0.331. The van der Waals surface area contributed by atoms with Crippen molar-refractivity contribution in [1.29, 1.82) is 0 Å². The SMILES string of the molecule is O=C(COC(=O)c1cc(Br)c[nH]1)Nc1ccc(N2CCCC2=O)cc1. The Morgan fingerprint density at radius 3 is 2.64 bits per heavy atom. The van der Waals surface area contributed by atoms with Crippen LogP contribution in [0.1, 0.15) is 23.3 Å². The Labute approximate surface area is 152 Å². The number of ether oxygens (including phenoxy) is 1. The van der Waals surface area contributed by atoms with Crippen LogP contribution in [0.25, 0.3) is 0 Å². The Bertz CT molecular complexity index is 800. The first-order chi connectivity index (χ1) is 12.0. The maximum atomic E-state index is 11.9. The summed E-state index contributed by atoms with van der Waals surface area (Å²) in [6, 6.07) is 8.55. The molecule has 1 saturated heterocycles. The van der Waals surface area contributed by atoms with Crippen molar-refractivity contribution in [2.45, 2.75) is 12.8 Å². The van der Waals surface area contributed by atoms with Gasteiger partial charge in [0.05, 0.1) is 0 Å². The molecule has 0 bridgehead atoms. The number of aromatic amines is 1. The largest absolute Gasteiger partial charge is 0.451 e. The lowest BCUT2D eigenvalue weighted by molar-refractivity contribution is -0.119. The molecule has 2 aromatic rings. The van der Waals surface area contributed by atoms with Crippen LogP contribution in [0.5, 0.6) is 0 Å². The van der Waals surface area contributed by atoms with Gasteiger partial charge < -0.3 is 19.9 Å². The van der Waals surface area contributed by atoms with Gasteiger partial charge in [0.15, 0.2) is 6.61 Å². The fourth-order valence-corrected chi connectivity index (χ4v) is 2.88. The smallest absolute Gasteiger partial charge is 0.355 e. The second kappa shape index (κ2) is 7.52. The number of carbonyl (C=O) groups excluding carboxylic acids is 3. The van der Waals surface area contributed by atoms with E-state index in [1.54, 1.807) is 41.4 Å². The number of aromatic nitrogens is 1. The molecule has 2 amide bonds. The number of benzene rings is 1. The zero-order valence-corrected chi connectivity index (χ0v) is 14.8. The molecule has 0 aliphatic carbocycles. The summed E-state index contributed by atoms with van der Waals surface area (Å²) >= 11 is 3.22. The van der Waals surface area contributed by atoms with Gasteiger partial charge in [0.25, 0.3) is 5.91 Å². The minimum atomic E-state index is -0.608. The van der Waals surface area contributed by atoms with E-state index in [2.05, 4.69) is 26.2 Å². The minimum Gasteiger partial charge on any atom is -0.451 e. The number of nitrogens with zero attached hydrogens (tertiary/aromatic N) is 1. The molecule has 1 aliphatic rings. The summed E-state index contributed by atoms with van der Waals surface area (Å²) in [5.41, 5.74) is 1.64. The van der Waals surface area contributed by atoms with E-state index in [1.165, 1.54) is 0 Å². The van der Waals surface area contributed by atoms with Crippen molar-refractivity contribution >= 4 is 45.1 Å². The van der Waals surface area contributed by atoms with E-state index in [9.17, 15) is 14.4 Å². The number of halogens is 1. The Morgan fingerprint density at radius 2 is 2.04 bits per heavy atom. The van der Waals surface area contributed by atoms with E-state index in [4.69, 9.17) is 4.74 Å². The van der Waals surface area contributed by atoms with Gasteiger partial charge in [-0.2, -0.15) is 0 Å². The van der Waals surface area contributed by atoms with E-state index in [0.717, 1.165) is 23.1 Å². The van der Waals surface area contributed by atoms with Crippen LogP contribution in [0.2, 0.25) is 0 Å². The molecule has 0 saturated carbocycles. The molecule has 0 unspecified atom stereocenters. The van der Waals surface area contributed by atoms with Crippen molar-refractivity contribution in [1.82, 2.24) is 4.98 Å². The van der Waals surface area contributed by atoms with Gasteiger partial charge in [0.1, 0.15) is 5.69 Å². The van der Waals surface area contributed by atoms with Crippen LogP contribution in [0, 0.1) is 0 Å². The average molecular weight is 406 g/mol. The van der Waals surface area contributed by atoms with Crippen molar-refractivity contribution in [3.63, 3.8) is 0 Å². The maximum absolute atomic E-state index is 11.9. The summed E-state index contributed by atoms with van der Waals surface area (Å²) in [6.07, 6.45) is 3.03. The molecule has 25 heavy (non-hydrogen) atoms. The van der Waals surface area contributed by atoms with E-state index in [1.807, 2.05) is 0 Å². The van der Waals surface area contributed by atoms with Crippen LogP contribution in [0.3, 0.4) is 0 Å². The first-order valence-corrected chi connectivity index (χ1v) is 8.53. The lowest BCUT2D eigenvalue weighted by atomic mass is 10.2. The fourth-order valence-electron chi connectivity index (χ4n) is 2.54. The topological polar surface area (TPSA) is 91.5 Å². The quantitative estimate of drug-likeness (QED) is 0.747. The van der Waals surface area contributed by atoms with E-state index >= 15 is 0 Å². The summed E-state index contributed by atoms with van der Waals surface area (Å²) in [5, 5.41) is 2.64. The zero-order valence-electron chi connectivity index (χ0n) is 13.3. The van der Waals surface area contributed by atoms with Gasteiger partial charge in [-0.3, -0.25) is 9.59 Å². The summed E-state index contributed by atoms with van der Waals surface area (Å²) < 4.78 is 5.66. The molecule has 1 aromatic carbocycles. The van der Waals surface area contributed by atoms with Crippen LogP contribution in [0.4, 0.5) is 11.4 Å². The van der Waals surface area contributed by atoms with Crippen LogP contribution in [-0.4, -0.2) is 35.9 Å². The third kappa shape index (κ3) is 4.27. The minimum absolute atomic E-state index is 0.111. The van der Waals surface area contributed by atoms with Gasteiger partial charge in [0.2, 0.25) is 5.91 Å². The number of anilines is 2. The monoisotopic (exact) mass is 405 g/mol. The molecular weight excluding hydrogens is 390 g/mol. The molecule has 0 atom stereocenters. The maximum Gasteiger partial charge on any atom is 0.355 e. The number of esters is 1. The molecule has 1 aromatic heterocycles. The molecular formula is C17H16BrN3O4. The zero-order chi connectivity index (χ0) is 17.8. The lowest BCUT2D eigenvalue weighted by Crippen LogP contribution is -2.23. The molecule has 130 valence electrons. The molecule has 8 heteroatoms. The van der Waals surface area contributed by atoms with Crippen LogP contribution in [0.15, 0.2) is 41.0 Å². The third-order valence-electron chi connectivity index (χ3n) is 3.74. The van der Waals surface area contributed by atoms with Crippen LogP contribution < -0.4 is 10.2 Å². The van der Waals surface area contributed by atoms with E-state index in [0.29, 0.717) is 12.1 Å². The van der Waals surface area contributed by atoms with Gasteiger partial charge >= 0.3 is 5.97 Å². The van der Waals surface area contributed by atoms with Crippen molar-refractivity contribution in [2.75, 3.05) is 23.4 Å². The number of H-pyrrole nitrogens is 1. The van der Waals surface area contributed by atoms with Crippen LogP contribution in [-0.2, 0) is 14.3 Å². The van der Waals surface area contributed by atoms with Crippen molar-refractivity contribution < 1.29 is 19.1 Å². The molecule has 7 nitrogen and oxygen atoms in total. The number of nitrogens with one attached hydrogen (secondary N) is 2. The standard InChI is InChI=1S/C17H16BrN3O4/c18-11-8-14(19-9-11)17(24)25-10-15(22)20-12-3-5-13(6-4-12)21-7-1-2-16(21)23/h3-6,8-9,19H,1-2,7,10H2,(H,20,22). The van der Waals surface area contributed by atoms with Crippen molar-refractivity contribution in [3.05, 3.63) is 46.7 Å². The van der Waals surface area contributed by atoms with Crippen molar-refractivity contribution in [2.24, 2.45) is 0 Å². The normalized spacial score (nSPS) is 13.8. The lowest BCUT2D eigenvalue weighted by Gasteiger charge is -2.16. The highest BCUT2D eigenvalue weighted by Crippen LogP contribution is 2.23. The van der Waals surface area contributed by atoms with Gasteiger partial charge in [-0.15, -0.1) is 0 Å². The third-order valence-corrected chi connectivity index (χ3v) is 4.20. The number of amides is 2. The number of hydrogen-bond acceptors (Lipinski definition) is 4. The highest BCUT2D eigenvalue weighted by atomic mass is 79.9. The van der Waals surface area contributed by atoms with Gasteiger partial charge in [-0.25, -0.2) is 4.79 Å². The molecule has 2 N–H and O–H groups in total. The molecule has 1 fully saturated rings. The summed E-state index contributed by atoms with van der Waals surface area (Å²) in [7, 11) is 0. The first-order valence-electron chi connectivity index (χ1n) is 7.74. The molecule has 0 spiro atoms. The molecule has 3 rings (SSSR count). The van der Waals surface area contributed by atoms with E-state index in [-0.39, 0.29) is 18.2 Å². The highest BCUT2D eigenvalue weighted by molar-refractivity contribution is 9.10. The fraction of sp³-hybridized carbons (Fsp3) is 0.235. The second-order valence-corrected chi connectivity index (χ2v) is 6.47. The highest BCUT2D eigenvalue weighted by Gasteiger charge is 2.21. The molecule has 0 radical (unpaired) electrons. The van der Waals surface area contributed by atoms with Gasteiger partial charge in [0, 0.05) is 35.0 Å². The summed E-state index contributed by atoms with van der Waals surface area (Å²) in [4.78, 5) is 39.8. The number of hydrogen-bond donors (Lipinski definition) is 2. The molecule has 1 aliphatic heterocycles. The Morgan fingerprint density at radius 1 is 1.28 bits per heavy atom. The van der Waals surface area contributed by atoms with Gasteiger partial charge in [-0.05, 0) is 52.7 Å².